The Morgan fingerprint density at radius 2 is 1.76 bits per heavy atom. The highest BCUT2D eigenvalue weighted by atomic mass is 35.5. The molecule has 0 N–H and O–H groups in total. The van der Waals surface area contributed by atoms with Crippen LogP contribution in [0.3, 0.4) is 0 Å². The molecule has 2 nitrogen and oxygen atoms in total. The van der Waals surface area contributed by atoms with Gasteiger partial charge in [-0.25, -0.2) is 0 Å². The van der Waals surface area contributed by atoms with Crippen molar-refractivity contribution in [2.75, 3.05) is 20.1 Å². The topological polar surface area (TPSA) is 12.5 Å². The van der Waals surface area contributed by atoms with E-state index in [0.29, 0.717) is 5.92 Å². The molecule has 0 spiro atoms. The Labute approximate surface area is 131 Å². The van der Waals surface area contributed by atoms with Crippen molar-refractivity contribution in [1.82, 2.24) is 4.90 Å². The third-order valence-corrected chi connectivity index (χ3v) is 4.33. The van der Waals surface area contributed by atoms with Crippen LogP contribution in [-0.2, 0) is 0 Å². The lowest BCUT2D eigenvalue weighted by Crippen LogP contribution is -2.42. The maximum absolute atomic E-state index is 6.24. The van der Waals surface area contributed by atoms with Crippen LogP contribution in [-0.4, -0.2) is 31.1 Å². The minimum absolute atomic E-state index is 0.213. The van der Waals surface area contributed by atoms with Gasteiger partial charge in [0, 0.05) is 24.0 Å². The van der Waals surface area contributed by atoms with E-state index in [0.717, 1.165) is 30.3 Å². The first kappa shape index (κ1) is 14.4. The minimum atomic E-state index is 0.213. The lowest BCUT2D eigenvalue weighted by molar-refractivity contribution is 0.0902. The summed E-state index contributed by atoms with van der Waals surface area (Å²) < 4.78 is 6.24. The lowest BCUT2D eigenvalue weighted by Gasteiger charge is -2.37. The van der Waals surface area contributed by atoms with Gasteiger partial charge >= 0.3 is 0 Å². The summed E-state index contributed by atoms with van der Waals surface area (Å²) in [4.78, 5) is 2.37. The van der Waals surface area contributed by atoms with Crippen molar-refractivity contribution >= 4 is 11.6 Å². The number of rotatable bonds is 3. The summed E-state index contributed by atoms with van der Waals surface area (Å²) in [7, 11) is 2.18. The van der Waals surface area contributed by atoms with E-state index >= 15 is 0 Å². The van der Waals surface area contributed by atoms with Gasteiger partial charge < -0.3 is 9.64 Å². The van der Waals surface area contributed by atoms with Gasteiger partial charge in [0.25, 0.3) is 0 Å². The first-order valence-corrected chi connectivity index (χ1v) is 7.76. The van der Waals surface area contributed by atoms with Crippen LogP contribution in [0, 0.1) is 0 Å². The molecular weight excluding hydrogens is 282 g/mol. The van der Waals surface area contributed by atoms with Gasteiger partial charge in [0.1, 0.15) is 11.9 Å². The number of hydrogen-bond acceptors (Lipinski definition) is 2. The summed E-state index contributed by atoms with van der Waals surface area (Å²) in [5.41, 5.74) is 1.35. The van der Waals surface area contributed by atoms with Crippen molar-refractivity contribution in [3.63, 3.8) is 0 Å². The highest BCUT2D eigenvalue weighted by molar-refractivity contribution is 6.30. The average Bonchev–Trinajstić information content (AvgIpc) is 2.52. The van der Waals surface area contributed by atoms with Gasteiger partial charge in [0.15, 0.2) is 0 Å². The fourth-order valence-electron chi connectivity index (χ4n) is 2.94. The van der Waals surface area contributed by atoms with Gasteiger partial charge in [-0.05, 0) is 43.3 Å². The van der Waals surface area contributed by atoms with E-state index in [-0.39, 0.29) is 6.10 Å². The van der Waals surface area contributed by atoms with Crippen LogP contribution in [0.4, 0.5) is 0 Å². The SMILES string of the molecule is CN1CC[C@H](Oc2ccc(Cl)cc2)[C@H](c2ccccc2)C1. The van der Waals surface area contributed by atoms with E-state index in [1.165, 1.54) is 5.56 Å². The summed E-state index contributed by atoms with van der Waals surface area (Å²) in [6.45, 7) is 2.10. The van der Waals surface area contributed by atoms with Gasteiger partial charge in [-0.1, -0.05) is 41.9 Å². The first-order chi connectivity index (χ1) is 10.2. The standard InChI is InChI=1S/C18H20ClNO/c1-20-12-11-18(21-16-9-7-15(19)8-10-16)17(13-20)14-5-3-2-4-6-14/h2-10,17-18H,11-13H2,1H3/t17-,18-/m0/s1. The van der Waals surface area contributed by atoms with E-state index in [9.17, 15) is 0 Å². The van der Waals surface area contributed by atoms with Crippen LogP contribution in [0.5, 0.6) is 5.75 Å². The van der Waals surface area contributed by atoms with Crippen molar-refractivity contribution in [3.8, 4) is 5.75 Å². The zero-order chi connectivity index (χ0) is 14.7. The number of ether oxygens (including phenoxy) is 1. The largest absolute Gasteiger partial charge is 0.490 e. The third kappa shape index (κ3) is 3.58. The fourth-order valence-corrected chi connectivity index (χ4v) is 3.07. The Morgan fingerprint density at radius 3 is 2.48 bits per heavy atom. The van der Waals surface area contributed by atoms with Gasteiger partial charge in [-0.15, -0.1) is 0 Å². The van der Waals surface area contributed by atoms with E-state index in [1.807, 2.05) is 24.3 Å². The number of piperidine rings is 1. The van der Waals surface area contributed by atoms with E-state index in [4.69, 9.17) is 16.3 Å². The molecule has 1 saturated heterocycles. The molecule has 21 heavy (non-hydrogen) atoms. The van der Waals surface area contributed by atoms with Crippen molar-refractivity contribution in [1.29, 1.82) is 0 Å². The predicted molar refractivity (Wildman–Crippen MR) is 87.2 cm³/mol. The highest BCUT2D eigenvalue weighted by Gasteiger charge is 2.30. The van der Waals surface area contributed by atoms with Crippen molar-refractivity contribution in [3.05, 3.63) is 65.2 Å². The summed E-state index contributed by atoms with van der Waals surface area (Å²) in [5.74, 6) is 1.30. The molecule has 0 radical (unpaired) electrons. The van der Waals surface area contributed by atoms with Gasteiger partial charge in [0.05, 0.1) is 0 Å². The van der Waals surface area contributed by atoms with Crippen molar-refractivity contribution < 1.29 is 4.74 Å². The third-order valence-electron chi connectivity index (χ3n) is 4.08. The second-order valence-electron chi connectivity index (χ2n) is 5.68. The zero-order valence-corrected chi connectivity index (χ0v) is 13.0. The molecule has 2 aromatic carbocycles. The second kappa shape index (κ2) is 6.50. The van der Waals surface area contributed by atoms with E-state index < -0.39 is 0 Å². The monoisotopic (exact) mass is 301 g/mol. The summed E-state index contributed by atoms with van der Waals surface area (Å²) in [5, 5.41) is 0.741. The van der Waals surface area contributed by atoms with Crippen LogP contribution in [0.15, 0.2) is 54.6 Å². The van der Waals surface area contributed by atoms with Crippen LogP contribution < -0.4 is 4.74 Å². The molecular formula is C18H20ClNO. The molecule has 110 valence electrons. The molecule has 3 rings (SSSR count). The van der Waals surface area contributed by atoms with Gasteiger partial charge in [-0.2, -0.15) is 0 Å². The Hall–Kier alpha value is -1.51. The van der Waals surface area contributed by atoms with Crippen LogP contribution in [0.2, 0.25) is 5.02 Å². The molecule has 0 aliphatic carbocycles. The maximum Gasteiger partial charge on any atom is 0.119 e. The Balaban J connectivity index is 1.79. The maximum atomic E-state index is 6.24. The fraction of sp³-hybridized carbons (Fsp3) is 0.333. The second-order valence-corrected chi connectivity index (χ2v) is 6.11. The molecule has 1 heterocycles. The lowest BCUT2D eigenvalue weighted by atomic mass is 9.88. The Bertz CT molecular complexity index is 570. The number of halogens is 1. The summed E-state index contributed by atoms with van der Waals surface area (Å²) in [6.07, 6.45) is 1.25. The number of benzene rings is 2. The van der Waals surface area contributed by atoms with Gasteiger partial charge in [0.2, 0.25) is 0 Å². The van der Waals surface area contributed by atoms with Crippen molar-refractivity contribution in [2.45, 2.75) is 18.4 Å². The molecule has 1 aliphatic heterocycles. The quantitative estimate of drug-likeness (QED) is 0.842. The molecule has 3 heteroatoms. The van der Waals surface area contributed by atoms with Crippen molar-refractivity contribution in [2.24, 2.45) is 0 Å². The first-order valence-electron chi connectivity index (χ1n) is 7.38. The summed E-state index contributed by atoms with van der Waals surface area (Å²) in [6, 6.07) is 18.3. The van der Waals surface area contributed by atoms with Crippen LogP contribution >= 0.6 is 11.6 Å². The zero-order valence-electron chi connectivity index (χ0n) is 12.2. The molecule has 0 aromatic heterocycles. The molecule has 1 fully saturated rings. The smallest absolute Gasteiger partial charge is 0.119 e. The normalized spacial score (nSPS) is 23.0. The Kier molecular flexibility index (Phi) is 4.47. The minimum Gasteiger partial charge on any atom is -0.490 e. The van der Waals surface area contributed by atoms with Crippen LogP contribution in [0.1, 0.15) is 17.9 Å². The summed E-state index contributed by atoms with van der Waals surface area (Å²) >= 11 is 5.94. The molecule has 0 amide bonds. The molecule has 2 aromatic rings. The highest BCUT2D eigenvalue weighted by Crippen LogP contribution is 2.30. The molecule has 1 aliphatic rings. The van der Waals surface area contributed by atoms with Gasteiger partial charge in [-0.3, -0.25) is 0 Å². The number of likely N-dealkylation sites (tertiary alicyclic amines) is 1. The number of nitrogens with zero attached hydrogens (tertiary/aromatic N) is 1. The molecule has 0 saturated carbocycles. The molecule has 2 atom stereocenters. The van der Waals surface area contributed by atoms with E-state index in [2.05, 4.69) is 42.3 Å². The number of hydrogen-bond donors (Lipinski definition) is 0. The van der Waals surface area contributed by atoms with E-state index in [1.54, 1.807) is 0 Å². The predicted octanol–water partition coefficient (Wildman–Crippen LogP) is 4.21. The Morgan fingerprint density at radius 1 is 1.05 bits per heavy atom. The molecule has 0 unspecified atom stereocenters. The molecule has 0 bridgehead atoms. The number of likely N-dealkylation sites (N-methyl/N-ethyl adjacent to an activating group) is 1. The average molecular weight is 302 g/mol. The van der Waals surface area contributed by atoms with Crippen LogP contribution in [0.25, 0.3) is 0 Å².